The van der Waals surface area contributed by atoms with Crippen LogP contribution in [0.1, 0.15) is 31.7 Å². The topological polar surface area (TPSA) is 84.1 Å². The predicted octanol–water partition coefficient (Wildman–Crippen LogP) is 2.69. The number of benzene rings is 1. The molecular formula is C20H21N3O3. The molecule has 1 atom stereocenters. The van der Waals surface area contributed by atoms with Gasteiger partial charge >= 0.3 is 0 Å². The van der Waals surface area contributed by atoms with Gasteiger partial charge in [-0.2, -0.15) is 0 Å². The largest absolute Gasteiger partial charge is 0.475 e. The second-order valence-electron chi connectivity index (χ2n) is 6.74. The zero-order chi connectivity index (χ0) is 18.1. The molecule has 0 spiro atoms. The average molecular weight is 351 g/mol. The highest BCUT2D eigenvalue weighted by Gasteiger charge is 2.21. The van der Waals surface area contributed by atoms with Crippen LogP contribution in [-0.2, 0) is 11.2 Å². The van der Waals surface area contributed by atoms with E-state index in [-0.39, 0.29) is 17.5 Å². The number of aromatic nitrogens is 2. The minimum Gasteiger partial charge on any atom is -0.475 e. The van der Waals surface area contributed by atoms with E-state index in [9.17, 15) is 9.59 Å². The van der Waals surface area contributed by atoms with Crippen LogP contribution >= 0.6 is 0 Å². The summed E-state index contributed by atoms with van der Waals surface area (Å²) in [4.78, 5) is 30.8. The Balaban J connectivity index is 1.76. The van der Waals surface area contributed by atoms with Crippen LogP contribution in [0.4, 0.5) is 0 Å². The van der Waals surface area contributed by atoms with Gasteiger partial charge in [0.1, 0.15) is 6.61 Å². The maximum atomic E-state index is 12.3. The van der Waals surface area contributed by atoms with E-state index in [1.165, 1.54) is 0 Å². The summed E-state index contributed by atoms with van der Waals surface area (Å²) in [5.41, 5.74) is 1.02. The van der Waals surface area contributed by atoms with Gasteiger partial charge in [0.15, 0.2) is 0 Å². The summed E-state index contributed by atoms with van der Waals surface area (Å²) in [5.74, 6) is 0.604. The number of carbonyl (C=O) groups is 1. The third-order valence-electron chi connectivity index (χ3n) is 4.86. The molecule has 2 N–H and O–H groups in total. The first-order valence-corrected chi connectivity index (χ1v) is 9.01. The second kappa shape index (κ2) is 6.78. The molecule has 0 radical (unpaired) electrons. The molecule has 26 heavy (non-hydrogen) atoms. The lowest BCUT2D eigenvalue weighted by atomic mass is 10.0. The smallest absolute Gasteiger partial charge is 0.255 e. The first-order valence-electron chi connectivity index (χ1n) is 9.01. The molecule has 3 heterocycles. The standard InChI is InChI=1S/C20H21N3O3/c1-2-3-13-10-22-19(25)17-8-12-6-7-21-20(16(12)9-15(13)17)26-11-14-4-5-18(24)23-14/h6-10,14H,2-5,11H2,1H3,(H,22,25)(H,23,24). The SMILES string of the molecule is CCCc1c[nH]c(=O)c2cc3ccnc(OCC4CCC(=O)N4)c3cc12. The van der Waals surface area contributed by atoms with Crippen LogP contribution in [-0.4, -0.2) is 28.5 Å². The van der Waals surface area contributed by atoms with Gasteiger partial charge < -0.3 is 15.0 Å². The lowest BCUT2D eigenvalue weighted by molar-refractivity contribution is -0.119. The Hall–Kier alpha value is -2.89. The molecule has 1 aliphatic heterocycles. The number of nitrogens with one attached hydrogen (secondary N) is 2. The fourth-order valence-corrected chi connectivity index (χ4v) is 3.53. The highest BCUT2D eigenvalue weighted by atomic mass is 16.5. The number of nitrogens with zero attached hydrogens (tertiary/aromatic N) is 1. The summed E-state index contributed by atoms with van der Waals surface area (Å²) in [6, 6.07) is 5.80. The Morgan fingerprint density at radius 1 is 1.23 bits per heavy atom. The Labute approximate surface area is 150 Å². The summed E-state index contributed by atoms with van der Waals surface area (Å²) in [6.45, 7) is 2.51. The van der Waals surface area contributed by atoms with E-state index in [1.54, 1.807) is 12.4 Å². The first kappa shape index (κ1) is 16.6. The van der Waals surface area contributed by atoms with Crippen molar-refractivity contribution in [3.63, 3.8) is 0 Å². The molecule has 4 rings (SSSR count). The van der Waals surface area contributed by atoms with E-state index >= 15 is 0 Å². The van der Waals surface area contributed by atoms with Crippen molar-refractivity contribution >= 4 is 27.5 Å². The van der Waals surface area contributed by atoms with Gasteiger partial charge in [0.2, 0.25) is 11.8 Å². The van der Waals surface area contributed by atoms with E-state index < -0.39 is 0 Å². The molecular weight excluding hydrogens is 330 g/mol. The molecule has 0 bridgehead atoms. The molecule has 6 nitrogen and oxygen atoms in total. The number of aromatic amines is 1. The molecule has 0 saturated carbocycles. The van der Waals surface area contributed by atoms with Gasteiger partial charge in [-0.25, -0.2) is 4.98 Å². The fourth-order valence-electron chi connectivity index (χ4n) is 3.53. The zero-order valence-electron chi connectivity index (χ0n) is 14.7. The molecule has 0 aliphatic carbocycles. The monoisotopic (exact) mass is 351 g/mol. The number of H-pyrrole nitrogens is 1. The van der Waals surface area contributed by atoms with Crippen molar-refractivity contribution < 1.29 is 9.53 Å². The molecule has 1 aliphatic rings. The summed E-state index contributed by atoms with van der Waals surface area (Å²) in [7, 11) is 0. The van der Waals surface area contributed by atoms with Crippen molar-refractivity contribution in [2.24, 2.45) is 0 Å². The second-order valence-corrected chi connectivity index (χ2v) is 6.74. The highest BCUT2D eigenvalue weighted by Crippen LogP contribution is 2.29. The van der Waals surface area contributed by atoms with Gasteiger partial charge in [-0.3, -0.25) is 9.59 Å². The van der Waals surface area contributed by atoms with Crippen molar-refractivity contribution in [3.8, 4) is 5.88 Å². The molecule has 3 aromatic rings. The molecule has 134 valence electrons. The van der Waals surface area contributed by atoms with Crippen LogP contribution in [0.3, 0.4) is 0 Å². The van der Waals surface area contributed by atoms with Crippen LogP contribution < -0.4 is 15.6 Å². The van der Waals surface area contributed by atoms with Crippen LogP contribution in [0.5, 0.6) is 5.88 Å². The van der Waals surface area contributed by atoms with Gasteiger partial charge in [-0.1, -0.05) is 13.3 Å². The van der Waals surface area contributed by atoms with Gasteiger partial charge in [0.05, 0.1) is 6.04 Å². The number of hydrogen-bond acceptors (Lipinski definition) is 4. The van der Waals surface area contributed by atoms with E-state index in [4.69, 9.17) is 4.74 Å². The fraction of sp³-hybridized carbons (Fsp3) is 0.350. The first-order chi connectivity index (χ1) is 12.7. The van der Waals surface area contributed by atoms with E-state index in [0.29, 0.717) is 24.3 Å². The lowest BCUT2D eigenvalue weighted by Crippen LogP contribution is -2.31. The van der Waals surface area contributed by atoms with Crippen molar-refractivity contribution in [2.45, 2.75) is 38.6 Å². The minimum absolute atomic E-state index is 0.0264. The highest BCUT2D eigenvalue weighted by molar-refractivity contribution is 6.01. The number of amides is 1. The normalized spacial score (nSPS) is 17.0. The van der Waals surface area contributed by atoms with Gasteiger partial charge in [0, 0.05) is 29.6 Å². The predicted molar refractivity (Wildman–Crippen MR) is 101 cm³/mol. The van der Waals surface area contributed by atoms with Crippen molar-refractivity contribution in [1.29, 1.82) is 0 Å². The summed E-state index contributed by atoms with van der Waals surface area (Å²) >= 11 is 0. The van der Waals surface area contributed by atoms with Crippen molar-refractivity contribution in [2.75, 3.05) is 6.61 Å². The molecule has 1 amide bonds. The molecule has 1 fully saturated rings. The zero-order valence-corrected chi connectivity index (χ0v) is 14.7. The maximum absolute atomic E-state index is 12.3. The Morgan fingerprint density at radius 3 is 2.88 bits per heavy atom. The number of rotatable bonds is 5. The number of hydrogen-bond donors (Lipinski definition) is 2. The third kappa shape index (κ3) is 3.03. The van der Waals surface area contributed by atoms with Gasteiger partial charge in [-0.05, 0) is 47.4 Å². The van der Waals surface area contributed by atoms with E-state index in [1.807, 2.05) is 18.2 Å². The van der Waals surface area contributed by atoms with Crippen molar-refractivity contribution in [1.82, 2.24) is 15.3 Å². The minimum atomic E-state index is -0.0882. The summed E-state index contributed by atoms with van der Waals surface area (Å²) in [5, 5.41) is 6.32. The third-order valence-corrected chi connectivity index (χ3v) is 4.86. The van der Waals surface area contributed by atoms with Crippen LogP contribution in [0, 0.1) is 0 Å². The molecule has 2 aromatic heterocycles. The Kier molecular flexibility index (Phi) is 4.32. The Bertz CT molecular complexity index is 1040. The van der Waals surface area contributed by atoms with E-state index in [2.05, 4.69) is 22.2 Å². The van der Waals surface area contributed by atoms with Crippen LogP contribution in [0.25, 0.3) is 21.5 Å². The van der Waals surface area contributed by atoms with Crippen LogP contribution in [0.2, 0.25) is 0 Å². The van der Waals surface area contributed by atoms with Gasteiger partial charge in [0.25, 0.3) is 5.56 Å². The Morgan fingerprint density at radius 2 is 2.12 bits per heavy atom. The average Bonchev–Trinajstić information content (AvgIpc) is 3.06. The lowest BCUT2D eigenvalue weighted by Gasteiger charge is -2.13. The van der Waals surface area contributed by atoms with E-state index in [0.717, 1.165) is 41.0 Å². The van der Waals surface area contributed by atoms with Gasteiger partial charge in [-0.15, -0.1) is 0 Å². The number of ether oxygens (including phenoxy) is 1. The molecule has 1 unspecified atom stereocenters. The summed E-state index contributed by atoms with van der Waals surface area (Å²) in [6.07, 6.45) is 6.69. The number of carbonyl (C=O) groups excluding carboxylic acids is 1. The quantitative estimate of drug-likeness (QED) is 0.692. The number of pyridine rings is 2. The maximum Gasteiger partial charge on any atom is 0.255 e. The summed E-state index contributed by atoms with van der Waals surface area (Å²) < 4.78 is 5.92. The van der Waals surface area contributed by atoms with Crippen molar-refractivity contribution in [3.05, 3.63) is 46.5 Å². The van der Waals surface area contributed by atoms with Crippen LogP contribution in [0.15, 0.2) is 35.4 Å². The number of aryl methyl sites for hydroxylation is 1. The molecule has 1 saturated heterocycles. The molecule has 6 heteroatoms. The molecule has 1 aromatic carbocycles. The number of fused-ring (bicyclic) bond motifs is 2.